The van der Waals surface area contributed by atoms with E-state index in [9.17, 15) is 4.79 Å². The van der Waals surface area contributed by atoms with Crippen LogP contribution in [0.4, 0.5) is 0 Å². The SMILES string of the molecule is CC=CCCCC(=O)OCOCCCCCC. The fourth-order valence-corrected chi connectivity index (χ4v) is 1.40. The minimum Gasteiger partial charge on any atom is -0.438 e. The Kier molecular flexibility index (Phi) is 12.6. The molecule has 0 aromatic rings. The lowest BCUT2D eigenvalue weighted by atomic mass is 10.2. The summed E-state index contributed by atoms with van der Waals surface area (Å²) in [6.45, 7) is 4.95. The van der Waals surface area contributed by atoms with Gasteiger partial charge in [-0.3, -0.25) is 4.79 Å². The Labute approximate surface area is 105 Å². The number of esters is 1. The maximum Gasteiger partial charge on any atom is 0.307 e. The average molecular weight is 242 g/mol. The summed E-state index contributed by atoms with van der Waals surface area (Å²) in [6, 6.07) is 0. The molecule has 0 aliphatic carbocycles. The maximum atomic E-state index is 11.2. The van der Waals surface area contributed by atoms with Gasteiger partial charge >= 0.3 is 5.97 Å². The van der Waals surface area contributed by atoms with Gasteiger partial charge in [-0.25, -0.2) is 0 Å². The lowest BCUT2D eigenvalue weighted by Gasteiger charge is -2.05. The minimum absolute atomic E-state index is 0.106. The van der Waals surface area contributed by atoms with E-state index >= 15 is 0 Å². The van der Waals surface area contributed by atoms with Gasteiger partial charge in [0.1, 0.15) is 0 Å². The van der Waals surface area contributed by atoms with Crippen LogP contribution in [0.25, 0.3) is 0 Å². The summed E-state index contributed by atoms with van der Waals surface area (Å²) in [6.07, 6.45) is 11.0. The molecule has 0 heterocycles. The molecule has 0 spiro atoms. The Morgan fingerprint density at radius 1 is 1.18 bits per heavy atom. The molecular formula is C14H26O3. The molecule has 0 bridgehead atoms. The van der Waals surface area contributed by atoms with Crippen LogP contribution in [0.3, 0.4) is 0 Å². The van der Waals surface area contributed by atoms with E-state index < -0.39 is 0 Å². The fraction of sp³-hybridized carbons (Fsp3) is 0.786. The first kappa shape index (κ1) is 16.2. The lowest BCUT2D eigenvalue weighted by Crippen LogP contribution is -2.08. The van der Waals surface area contributed by atoms with Crippen LogP contribution >= 0.6 is 0 Å². The second kappa shape index (κ2) is 13.2. The van der Waals surface area contributed by atoms with Gasteiger partial charge in [-0.05, 0) is 26.2 Å². The standard InChI is InChI=1S/C14H26O3/c1-3-5-7-9-11-14(15)17-13-16-12-10-8-6-4-2/h3,5H,4,6-13H2,1-2H3. The molecule has 0 rings (SSSR count). The second-order valence-electron chi connectivity index (χ2n) is 4.06. The molecule has 0 aliphatic rings. The molecule has 0 saturated carbocycles. The van der Waals surface area contributed by atoms with E-state index in [1.54, 1.807) is 0 Å². The van der Waals surface area contributed by atoms with Crippen molar-refractivity contribution >= 4 is 5.97 Å². The van der Waals surface area contributed by atoms with Crippen LogP contribution in [0.15, 0.2) is 12.2 Å². The third-order valence-electron chi connectivity index (χ3n) is 2.43. The van der Waals surface area contributed by atoms with Crippen molar-refractivity contribution in [1.29, 1.82) is 0 Å². The zero-order chi connectivity index (χ0) is 12.8. The third-order valence-corrected chi connectivity index (χ3v) is 2.43. The van der Waals surface area contributed by atoms with Crippen molar-refractivity contribution in [2.24, 2.45) is 0 Å². The molecule has 0 amide bonds. The van der Waals surface area contributed by atoms with Gasteiger partial charge < -0.3 is 9.47 Å². The summed E-state index contributed by atoms with van der Waals surface area (Å²) in [7, 11) is 0. The number of unbranched alkanes of at least 4 members (excludes halogenated alkanes) is 4. The Bertz CT molecular complexity index is 200. The van der Waals surface area contributed by atoms with Crippen LogP contribution in [0, 0.1) is 0 Å². The molecule has 0 aromatic heterocycles. The summed E-state index contributed by atoms with van der Waals surface area (Å²) >= 11 is 0. The normalized spacial score (nSPS) is 10.9. The predicted octanol–water partition coefficient (Wildman–Crippen LogP) is 3.83. The molecular weight excluding hydrogens is 216 g/mol. The van der Waals surface area contributed by atoms with Crippen molar-refractivity contribution in [3.63, 3.8) is 0 Å². The van der Waals surface area contributed by atoms with Crippen LogP contribution in [0.2, 0.25) is 0 Å². The highest BCUT2D eigenvalue weighted by Gasteiger charge is 2.01. The van der Waals surface area contributed by atoms with E-state index in [-0.39, 0.29) is 12.8 Å². The fourth-order valence-electron chi connectivity index (χ4n) is 1.40. The Balaban J connectivity index is 3.16. The molecule has 0 radical (unpaired) electrons. The first-order valence-corrected chi connectivity index (χ1v) is 6.65. The van der Waals surface area contributed by atoms with Gasteiger partial charge in [-0.1, -0.05) is 38.3 Å². The van der Waals surface area contributed by atoms with E-state index in [0.29, 0.717) is 13.0 Å². The van der Waals surface area contributed by atoms with Gasteiger partial charge in [0.15, 0.2) is 6.79 Å². The summed E-state index contributed by atoms with van der Waals surface area (Å²) < 4.78 is 10.2. The van der Waals surface area contributed by atoms with Crippen molar-refractivity contribution in [2.75, 3.05) is 13.4 Å². The van der Waals surface area contributed by atoms with Crippen molar-refractivity contribution in [3.05, 3.63) is 12.2 Å². The van der Waals surface area contributed by atoms with Crippen LogP contribution in [0.1, 0.15) is 58.8 Å². The van der Waals surface area contributed by atoms with Gasteiger partial charge in [0.25, 0.3) is 0 Å². The van der Waals surface area contributed by atoms with E-state index in [2.05, 4.69) is 13.0 Å². The number of hydrogen-bond acceptors (Lipinski definition) is 3. The number of hydrogen-bond donors (Lipinski definition) is 0. The second-order valence-corrected chi connectivity index (χ2v) is 4.06. The van der Waals surface area contributed by atoms with E-state index in [0.717, 1.165) is 19.3 Å². The molecule has 0 N–H and O–H groups in total. The average Bonchev–Trinajstić information content (AvgIpc) is 2.33. The van der Waals surface area contributed by atoms with E-state index in [4.69, 9.17) is 9.47 Å². The van der Waals surface area contributed by atoms with Crippen LogP contribution in [-0.4, -0.2) is 19.4 Å². The number of carbonyl (C=O) groups excluding carboxylic acids is 1. The summed E-state index contributed by atoms with van der Waals surface area (Å²) in [4.78, 5) is 11.2. The first-order chi connectivity index (χ1) is 8.31. The zero-order valence-electron chi connectivity index (χ0n) is 11.2. The van der Waals surface area contributed by atoms with Crippen LogP contribution in [-0.2, 0) is 14.3 Å². The first-order valence-electron chi connectivity index (χ1n) is 6.65. The molecule has 3 heteroatoms. The van der Waals surface area contributed by atoms with E-state index in [1.807, 2.05) is 13.0 Å². The van der Waals surface area contributed by atoms with Gasteiger partial charge in [0.05, 0.1) is 6.61 Å². The highest BCUT2D eigenvalue weighted by Crippen LogP contribution is 2.01. The molecule has 0 aromatic carbocycles. The summed E-state index contributed by atoms with van der Waals surface area (Å²) in [5.41, 5.74) is 0. The molecule has 0 aliphatic heterocycles. The molecule has 0 unspecified atom stereocenters. The Morgan fingerprint density at radius 2 is 2.00 bits per heavy atom. The van der Waals surface area contributed by atoms with Gasteiger partial charge in [0, 0.05) is 6.42 Å². The number of rotatable bonds is 11. The quantitative estimate of drug-likeness (QED) is 0.239. The summed E-state index contributed by atoms with van der Waals surface area (Å²) in [5.74, 6) is -0.164. The Hall–Kier alpha value is -0.830. The molecule has 3 nitrogen and oxygen atoms in total. The van der Waals surface area contributed by atoms with Crippen molar-refractivity contribution in [2.45, 2.75) is 58.8 Å². The lowest BCUT2D eigenvalue weighted by molar-refractivity contribution is -0.156. The number of allylic oxidation sites excluding steroid dienone is 2. The predicted molar refractivity (Wildman–Crippen MR) is 69.7 cm³/mol. The summed E-state index contributed by atoms with van der Waals surface area (Å²) in [5, 5.41) is 0. The zero-order valence-corrected chi connectivity index (χ0v) is 11.2. The molecule has 0 saturated heterocycles. The maximum absolute atomic E-state index is 11.2. The largest absolute Gasteiger partial charge is 0.438 e. The third kappa shape index (κ3) is 13.1. The minimum atomic E-state index is -0.164. The Morgan fingerprint density at radius 3 is 2.71 bits per heavy atom. The molecule has 100 valence electrons. The van der Waals surface area contributed by atoms with Crippen LogP contribution in [0.5, 0.6) is 0 Å². The smallest absolute Gasteiger partial charge is 0.307 e. The number of carbonyl (C=O) groups is 1. The van der Waals surface area contributed by atoms with Crippen LogP contribution < -0.4 is 0 Å². The number of ether oxygens (including phenoxy) is 2. The monoisotopic (exact) mass is 242 g/mol. The highest BCUT2D eigenvalue weighted by atomic mass is 16.7. The van der Waals surface area contributed by atoms with E-state index in [1.165, 1.54) is 19.3 Å². The molecule has 0 fully saturated rings. The van der Waals surface area contributed by atoms with Gasteiger partial charge in [-0.2, -0.15) is 0 Å². The van der Waals surface area contributed by atoms with Crippen molar-refractivity contribution in [1.82, 2.24) is 0 Å². The van der Waals surface area contributed by atoms with Gasteiger partial charge in [-0.15, -0.1) is 0 Å². The molecule has 17 heavy (non-hydrogen) atoms. The highest BCUT2D eigenvalue weighted by molar-refractivity contribution is 5.69. The van der Waals surface area contributed by atoms with Crippen molar-refractivity contribution < 1.29 is 14.3 Å². The molecule has 0 atom stereocenters. The van der Waals surface area contributed by atoms with Crippen molar-refractivity contribution in [3.8, 4) is 0 Å². The van der Waals surface area contributed by atoms with Gasteiger partial charge in [0.2, 0.25) is 0 Å². The topological polar surface area (TPSA) is 35.5 Å².